The third-order valence-electron chi connectivity index (χ3n) is 3.80. The second-order valence-corrected chi connectivity index (χ2v) is 4.86. The van der Waals surface area contributed by atoms with Gasteiger partial charge in [0.05, 0.1) is 11.5 Å². The highest BCUT2D eigenvalue weighted by Crippen LogP contribution is 2.38. The Labute approximate surface area is 97.5 Å². The summed E-state index contributed by atoms with van der Waals surface area (Å²) in [7, 11) is 2.13. The van der Waals surface area contributed by atoms with Crippen molar-refractivity contribution in [2.24, 2.45) is 5.92 Å². The van der Waals surface area contributed by atoms with E-state index in [2.05, 4.69) is 37.1 Å². The molecule has 0 saturated carbocycles. The molecule has 0 aromatic heterocycles. The number of hydrogen-bond acceptors (Lipinski definition) is 2. The third kappa shape index (κ3) is 1.72. The van der Waals surface area contributed by atoms with E-state index in [4.69, 9.17) is 0 Å². The molecule has 1 saturated heterocycles. The van der Waals surface area contributed by atoms with Crippen LogP contribution < -0.4 is 0 Å². The highest BCUT2D eigenvalue weighted by molar-refractivity contribution is 5.34. The summed E-state index contributed by atoms with van der Waals surface area (Å²) in [5.41, 5.74) is 0.895. The van der Waals surface area contributed by atoms with E-state index in [9.17, 15) is 5.26 Å². The second kappa shape index (κ2) is 4.27. The summed E-state index contributed by atoms with van der Waals surface area (Å²) in [6, 6.07) is 12.8. The van der Waals surface area contributed by atoms with Crippen molar-refractivity contribution in [2.45, 2.75) is 18.8 Å². The zero-order valence-corrected chi connectivity index (χ0v) is 9.98. The summed E-state index contributed by atoms with van der Waals surface area (Å²) < 4.78 is 0. The minimum absolute atomic E-state index is 0.284. The molecular formula is C14H18N2. The zero-order chi connectivity index (χ0) is 11.6. The molecule has 0 N–H and O–H groups in total. The van der Waals surface area contributed by atoms with Crippen LogP contribution in [0.4, 0.5) is 0 Å². The van der Waals surface area contributed by atoms with Crippen LogP contribution in [-0.2, 0) is 5.41 Å². The van der Waals surface area contributed by atoms with Gasteiger partial charge in [0.2, 0.25) is 0 Å². The number of piperidine rings is 1. The van der Waals surface area contributed by atoms with Gasteiger partial charge >= 0.3 is 0 Å². The number of nitriles is 1. The van der Waals surface area contributed by atoms with E-state index in [0.717, 1.165) is 19.5 Å². The maximum Gasteiger partial charge on any atom is 0.0872 e. The van der Waals surface area contributed by atoms with Crippen LogP contribution in [0.3, 0.4) is 0 Å². The lowest BCUT2D eigenvalue weighted by Crippen LogP contribution is -2.46. The molecule has 1 aromatic carbocycles. The van der Waals surface area contributed by atoms with Crippen LogP contribution in [0.5, 0.6) is 0 Å². The van der Waals surface area contributed by atoms with Gasteiger partial charge < -0.3 is 4.90 Å². The van der Waals surface area contributed by atoms with Gasteiger partial charge in [-0.25, -0.2) is 0 Å². The maximum absolute atomic E-state index is 9.58. The van der Waals surface area contributed by atoms with Crippen molar-refractivity contribution in [1.29, 1.82) is 5.26 Å². The standard InChI is InChI=1S/C14H18N2/c1-12-10-16(2)9-8-14(12,11-15)13-6-4-3-5-7-13/h3-7,12H,8-10H2,1-2H3/t12-,14-/m0/s1. The topological polar surface area (TPSA) is 27.0 Å². The van der Waals surface area contributed by atoms with Crippen molar-refractivity contribution in [2.75, 3.05) is 20.1 Å². The summed E-state index contributed by atoms with van der Waals surface area (Å²) in [6.45, 7) is 4.20. The molecule has 0 radical (unpaired) electrons. The lowest BCUT2D eigenvalue weighted by atomic mass is 9.68. The van der Waals surface area contributed by atoms with E-state index in [1.165, 1.54) is 5.56 Å². The van der Waals surface area contributed by atoms with Crippen LogP contribution >= 0.6 is 0 Å². The molecule has 84 valence electrons. The Hall–Kier alpha value is -1.33. The SMILES string of the molecule is C[C@H]1CN(C)CC[C@@]1(C#N)c1ccccc1. The Kier molecular flexibility index (Phi) is 2.98. The average Bonchev–Trinajstić information content (AvgIpc) is 2.31. The molecule has 1 aliphatic heterocycles. The van der Waals surface area contributed by atoms with Gasteiger partial charge in [-0.15, -0.1) is 0 Å². The number of likely N-dealkylation sites (tertiary alicyclic amines) is 1. The second-order valence-electron chi connectivity index (χ2n) is 4.86. The van der Waals surface area contributed by atoms with Crippen molar-refractivity contribution >= 4 is 0 Å². The van der Waals surface area contributed by atoms with Crippen LogP contribution in [0.15, 0.2) is 30.3 Å². The van der Waals surface area contributed by atoms with Gasteiger partial charge in [-0.1, -0.05) is 37.3 Å². The summed E-state index contributed by atoms with van der Waals surface area (Å²) in [6.07, 6.45) is 0.936. The smallest absolute Gasteiger partial charge is 0.0872 e. The lowest BCUT2D eigenvalue weighted by molar-refractivity contribution is 0.157. The van der Waals surface area contributed by atoms with E-state index < -0.39 is 0 Å². The van der Waals surface area contributed by atoms with Gasteiger partial charge in [-0.05, 0) is 31.5 Å². The predicted octanol–water partition coefficient (Wildman–Crippen LogP) is 2.42. The minimum Gasteiger partial charge on any atom is -0.306 e. The molecular weight excluding hydrogens is 196 g/mol. The number of rotatable bonds is 1. The fraction of sp³-hybridized carbons (Fsp3) is 0.500. The van der Waals surface area contributed by atoms with Crippen LogP contribution in [0.25, 0.3) is 0 Å². The maximum atomic E-state index is 9.58. The molecule has 1 aliphatic rings. The first-order valence-electron chi connectivity index (χ1n) is 5.84. The fourth-order valence-corrected chi connectivity index (χ4v) is 2.72. The summed E-state index contributed by atoms with van der Waals surface area (Å²) in [5.74, 6) is 0.388. The Morgan fingerprint density at radius 2 is 2.06 bits per heavy atom. The van der Waals surface area contributed by atoms with Crippen molar-refractivity contribution in [3.63, 3.8) is 0 Å². The minimum atomic E-state index is -0.284. The third-order valence-corrected chi connectivity index (χ3v) is 3.80. The van der Waals surface area contributed by atoms with E-state index in [-0.39, 0.29) is 5.41 Å². The molecule has 0 bridgehead atoms. The number of benzene rings is 1. The first-order chi connectivity index (χ1) is 7.69. The first-order valence-corrected chi connectivity index (χ1v) is 5.84. The van der Waals surface area contributed by atoms with Crippen LogP contribution in [0.1, 0.15) is 18.9 Å². The zero-order valence-electron chi connectivity index (χ0n) is 9.98. The summed E-state index contributed by atoms with van der Waals surface area (Å²) in [4.78, 5) is 2.31. The van der Waals surface area contributed by atoms with Crippen LogP contribution in [0, 0.1) is 17.2 Å². The van der Waals surface area contributed by atoms with E-state index in [1.807, 2.05) is 18.2 Å². The van der Waals surface area contributed by atoms with Gasteiger partial charge in [-0.3, -0.25) is 0 Å². The van der Waals surface area contributed by atoms with Crippen molar-refractivity contribution in [1.82, 2.24) is 4.90 Å². The Morgan fingerprint density at radius 1 is 1.38 bits per heavy atom. The average molecular weight is 214 g/mol. The highest BCUT2D eigenvalue weighted by atomic mass is 15.1. The molecule has 2 atom stereocenters. The Balaban J connectivity index is 2.37. The van der Waals surface area contributed by atoms with Crippen molar-refractivity contribution in [3.8, 4) is 6.07 Å². The van der Waals surface area contributed by atoms with Gasteiger partial charge in [0.15, 0.2) is 0 Å². The summed E-state index contributed by atoms with van der Waals surface area (Å²) >= 11 is 0. The van der Waals surface area contributed by atoms with E-state index in [1.54, 1.807) is 0 Å². The molecule has 1 fully saturated rings. The molecule has 0 spiro atoms. The van der Waals surface area contributed by atoms with Gasteiger partial charge in [0, 0.05) is 6.54 Å². The molecule has 0 amide bonds. The van der Waals surface area contributed by atoms with Crippen LogP contribution in [-0.4, -0.2) is 25.0 Å². The highest BCUT2D eigenvalue weighted by Gasteiger charge is 2.41. The Bertz CT molecular complexity index is 393. The normalized spacial score (nSPS) is 30.9. The molecule has 1 aromatic rings. The molecule has 0 unspecified atom stereocenters. The monoisotopic (exact) mass is 214 g/mol. The van der Waals surface area contributed by atoms with Crippen molar-refractivity contribution < 1.29 is 0 Å². The first kappa shape index (κ1) is 11.2. The lowest BCUT2D eigenvalue weighted by Gasteiger charge is -2.41. The number of nitrogens with zero attached hydrogens (tertiary/aromatic N) is 2. The largest absolute Gasteiger partial charge is 0.306 e. The summed E-state index contributed by atoms with van der Waals surface area (Å²) in [5, 5.41) is 9.58. The molecule has 1 heterocycles. The fourth-order valence-electron chi connectivity index (χ4n) is 2.72. The Morgan fingerprint density at radius 3 is 2.62 bits per heavy atom. The predicted molar refractivity (Wildman–Crippen MR) is 65.0 cm³/mol. The molecule has 0 aliphatic carbocycles. The molecule has 16 heavy (non-hydrogen) atoms. The van der Waals surface area contributed by atoms with Gasteiger partial charge in [-0.2, -0.15) is 5.26 Å². The molecule has 2 heteroatoms. The molecule has 2 nitrogen and oxygen atoms in total. The van der Waals surface area contributed by atoms with Crippen molar-refractivity contribution in [3.05, 3.63) is 35.9 Å². The van der Waals surface area contributed by atoms with E-state index >= 15 is 0 Å². The van der Waals surface area contributed by atoms with Gasteiger partial charge in [0.25, 0.3) is 0 Å². The van der Waals surface area contributed by atoms with Crippen LogP contribution in [0.2, 0.25) is 0 Å². The number of hydrogen-bond donors (Lipinski definition) is 0. The quantitative estimate of drug-likeness (QED) is 0.718. The van der Waals surface area contributed by atoms with Gasteiger partial charge in [0.1, 0.15) is 0 Å². The molecule has 2 rings (SSSR count). The van der Waals surface area contributed by atoms with E-state index in [0.29, 0.717) is 5.92 Å².